The second-order valence-electron chi connectivity index (χ2n) is 6.31. The first-order valence-corrected chi connectivity index (χ1v) is 10.5. The summed E-state index contributed by atoms with van der Waals surface area (Å²) in [6.07, 6.45) is 1.42. The molecule has 27 heavy (non-hydrogen) atoms. The minimum Gasteiger partial charge on any atom is -0.497 e. The van der Waals surface area contributed by atoms with E-state index in [-0.39, 0.29) is 6.10 Å². The predicted molar refractivity (Wildman–Crippen MR) is 103 cm³/mol. The summed E-state index contributed by atoms with van der Waals surface area (Å²) in [7, 11) is -1.92. The maximum atomic E-state index is 12.7. The van der Waals surface area contributed by atoms with E-state index in [4.69, 9.17) is 14.2 Å². The summed E-state index contributed by atoms with van der Waals surface area (Å²) < 4.78 is 43.5. The van der Waals surface area contributed by atoms with Gasteiger partial charge in [0.1, 0.15) is 18.1 Å². The van der Waals surface area contributed by atoms with Crippen molar-refractivity contribution in [2.75, 3.05) is 33.4 Å². The fourth-order valence-corrected chi connectivity index (χ4v) is 4.50. The zero-order valence-electron chi connectivity index (χ0n) is 15.4. The van der Waals surface area contributed by atoms with Crippen molar-refractivity contribution >= 4 is 10.0 Å². The molecule has 0 amide bonds. The van der Waals surface area contributed by atoms with Crippen molar-refractivity contribution < 1.29 is 22.6 Å². The van der Waals surface area contributed by atoms with Gasteiger partial charge in [-0.3, -0.25) is 0 Å². The minimum absolute atomic E-state index is 0.0618. The molecular weight excluding hydrogens is 366 g/mol. The molecule has 6 nitrogen and oxygen atoms in total. The number of hydrogen-bond donors (Lipinski definition) is 0. The molecule has 0 bridgehead atoms. The number of sulfonamides is 1. The fourth-order valence-electron chi connectivity index (χ4n) is 3.03. The molecule has 2 aromatic carbocycles. The number of hydrogen-bond acceptors (Lipinski definition) is 5. The molecule has 0 aromatic heterocycles. The van der Waals surface area contributed by atoms with Gasteiger partial charge in [-0.2, -0.15) is 4.31 Å². The van der Waals surface area contributed by atoms with Gasteiger partial charge < -0.3 is 14.2 Å². The number of para-hydroxylation sites is 1. The third kappa shape index (κ3) is 5.22. The summed E-state index contributed by atoms with van der Waals surface area (Å²) >= 11 is 0. The highest BCUT2D eigenvalue weighted by molar-refractivity contribution is 7.89. The van der Waals surface area contributed by atoms with Gasteiger partial charge in [0.25, 0.3) is 0 Å². The summed E-state index contributed by atoms with van der Waals surface area (Å²) in [6.45, 7) is 1.89. The van der Waals surface area contributed by atoms with Crippen LogP contribution in [0.4, 0.5) is 0 Å². The Morgan fingerprint density at radius 1 is 0.926 bits per heavy atom. The molecule has 1 saturated heterocycles. The molecule has 1 aliphatic rings. The molecule has 146 valence electrons. The molecule has 1 aliphatic heterocycles. The van der Waals surface area contributed by atoms with Gasteiger partial charge in [0.05, 0.1) is 24.7 Å². The highest BCUT2D eigenvalue weighted by atomic mass is 32.2. The average Bonchev–Trinajstić information content (AvgIpc) is 2.72. The largest absolute Gasteiger partial charge is 0.497 e. The SMILES string of the molecule is COc1ccc(S(=O)(=O)N2CCC(OCCOc3ccccc3)CC2)cc1. The van der Waals surface area contributed by atoms with Crippen molar-refractivity contribution in [1.82, 2.24) is 4.31 Å². The van der Waals surface area contributed by atoms with Crippen molar-refractivity contribution in [2.45, 2.75) is 23.8 Å². The molecule has 0 unspecified atom stereocenters. The molecule has 0 radical (unpaired) electrons. The van der Waals surface area contributed by atoms with E-state index < -0.39 is 10.0 Å². The van der Waals surface area contributed by atoms with E-state index in [1.54, 1.807) is 31.4 Å². The van der Waals surface area contributed by atoms with Crippen LogP contribution in [0.25, 0.3) is 0 Å². The monoisotopic (exact) mass is 391 g/mol. The summed E-state index contributed by atoms with van der Waals surface area (Å²) in [4.78, 5) is 0.291. The quantitative estimate of drug-likeness (QED) is 0.648. The van der Waals surface area contributed by atoms with Crippen LogP contribution < -0.4 is 9.47 Å². The standard InChI is InChI=1S/C20H25NO5S/c1-24-17-7-9-20(10-8-17)27(22,23)21-13-11-19(12-14-21)26-16-15-25-18-5-3-2-4-6-18/h2-10,19H,11-16H2,1H3. The summed E-state index contributed by atoms with van der Waals surface area (Å²) in [5.41, 5.74) is 0. The number of rotatable bonds is 8. The Kier molecular flexibility index (Phi) is 6.71. The van der Waals surface area contributed by atoms with Crippen molar-refractivity contribution in [3.8, 4) is 11.5 Å². The van der Waals surface area contributed by atoms with Gasteiger partial charge in [-0.25, -0.2) is 8.42 Å². The molecule has 0 aliphatic carbocycles. The first-order valence-electron chi connectivity index (χ1n) is 9.03. The van der Waals surface area contributed by atoms with Gasteiger partial charge in [-0.1, -0.05) is 18.2 Å². The van der Waals surface area contributed by atoms with Crippen LogP contribution in [0, 0.1) is 0 Å². The Labute approximate surface area is 160 Å². The molecule has 0 atom stereocenters. The number of ether oxygens (including phenoxy) is 3. The van der Waals surface area contributed by atoms with E-state index >= 15 is 0 Å². The predicted octanol–water partition coefficient (Wildman–Crippen LogP) is 2.94. The number of piperidine rings is 1. The van der Waals surface area contributed by atoms with Crippen molar-refractivity contribution in [2.24, 2.45) is 0 Å². The molecule has 7 heteroatoms. The van der Waals surface area contributed by atoms with Crippen molar-refractivity contribution in [3.05, 3.63) is 54.6 Å². The Hall–Kier alpha value is -2.09. The Balaban J connectivity index is 1.43. The highest BCUT2D eigenvalue weighted by Crippen LogP contribution is 2.23. The second-order valence-corrected chi connectivity index (χ2v) is 8.25. The maximum absolute atomic E-state index is 12.7. The lowest BCUT2D eigenvalue weighted by Crippen LogP contribution is -2.41. The van der Waals surface area contributed by atoms with Crippen LogP contribution in [0.5, 0.6) is 11.5 Å². The van der Waals surface area contributed by atoms with Gasteiger partial charge in [0.2, 0.25) is 10.0 Å². The Morgan fingerprint density at radius 3 is 2.22 bits per heavy atom. The summed E-state index contributed by atoms with van der Waals surface area (Å²) in [6, 6.07) is 16.1. The van der Waals surface area contributed by atoms with Gasteiger partial charge in [-0.05, 0) is 49.2 Å². The van der Waals surface area contributed by atoms with Gasteiger partial charge in [-0.15, -0.1) is 0 Å². The zero-order chi connectivity index (χ0) is 19.1. The second kappa shape index (κ2) is 9.21. The van der Waals surface area contributed by atoms with E-state index in [1.165, 1.54) is 4.31 Å². The first kappa shape index (κ1) is 19.7. The normalized spacial score (nSPS) is 16.2. The lowest BCUT2D eigenvalue weighted by atomic mass is 10.1. The van der Waals surface area contributed by atoms with E-state index in [2.05, 4.69) is 0 Å². The van der Waals surface area contributed by atoms with Crippen molar-refractivity contribution in [1.29, 1.82) is 0 Å². The molecule has 0 N–H and O–H groups in total. The van der Waals surface area contributed by atoms with Gasteiger partial charge in [0, 0.05) is 13.1 Å². The van der Waals surface area contributed by atoms with Crippen molar-refractivity contribution in [3.63, 3.8) is 0 Å². The topological polar surface area (TPSA) is 65.1 Å². The Morgan fingerprint density at radius 2 is 1.59 bits per heavy atom. The van der Waals surface area contributed by atoms with Crippen LogP contribution in [-0.4, -0.2) is 52.2 Å². The molecule has 0 saturated carbocycles. The van der Waals surface area contributed by atoms with Gasteiger partial charge in [0.15, 0.2) is 0 Å². The molecule has 3 rings (SSSR count). The van der Waals surface area contributed by atoms with Crippen LogP contribution in [0.1, 0.15) is 12.8 Å². The van der Waals surface area contributed by atoms with E-state index in [0.717, 1.165) is 5.75 Å². The summed E-state index contributed by atoms with van der Waals surface area (Å²) in [5, 5.41) is 0. The third-order valence-electron chi connectivity index (χ3n) is 4.55. The zero-order valence-corrected chi connectivity index (χ0v) is 16.2. The number of benzene rings is 2. The molecule has 0 spiro atoms. The lowest BCUT2D eigenvalue weighted by molar-refractivity contribution is 0.00700. The number of nitrogens with zero attached hydrogens (tertiary/aromatic N) is 1. The van der Waals surface area contributed by atoms with Crippen LogP contribution in [0.3, 0.4) is 0 Å². The average molecular weight is 391 g/mol. The van der Waals surface area contributed by atoms with E-state index in [1.807, 2.05) is 30.3 Å². The third-order valence-corrected chi connectivity index (χ3v) is 6.46. The highest BCUT2D eigenvalue weighted by Gasteiger charge is 2.29. The molecule has 1 fully saturated rings. The molecule has 2 aromatic rings. The smallest absolute Gasteiger partial charge is 0.243 e. The van der Waals surface area contributed by atoms with Gasteiger partial charge >= 0.3 is 0 Å². The van der Waals surface area contributed by atoms with Crippen LogP contribution >= 0.6 is 0 Å². The molecule has 1 heterocycles. The summed E-state index contributed by atoms with van der Waals surface area (Å²) in [5.74, 6) is 1.46. The van der Waals surface area contributed by atoms with Crippen LogP contribution in [0.15, 0.2) is 59.5 Å². The van der Waals surface area contributed by atoms with Crippen LogP contribution in [0.2, 0.25) is 0 Å². The fraction of sp³-hybridized carbons (Fsp3) is 0.400. The molecular formula is C20H25NO5S. The first-order chi connectivity index (χ1) is 13.1. The van der Waals surface area contributed by atoms with Crippen LogP contribution in [-0.2, 0) is 14.8 Å². The van der Waals surface area contributed by atoms with E-state index in [9.17, 15) is 8.42 Å². The lowest BCUT2D eigenvalue weighted by Gasteiger charge is -2.31. The maximum Gasteiger partial charge on any atom is 0.243 e. The van der Waals surface area contributed by atoms with E-state index in [0.29, 0.717) is 49.8 Å². The number of methoxy groups -OCH3 is 1. The minimum atomic E-state index is -3.47. The Bertz CT molecular complexity index is 800.